The van der Waals surface area contributed by atoms with Gasteiger partial charge in [0.25, 0.3) is 0 Å². The fourth-order valence-corrected chi connectivity index (χ4v) is 3.88. The van der Waals surface area contributed by atoms with Crippen LogP contribution in [0.1, 0.15) is 39.5 Å². The Hall–Kier alpha value is -3.35. The van der Waals surface area contributed by atoms with Gasteiger partial charge in [-0.3, -0.25) is 0 Å². The maximum Gasteiger partial charge on any atom is 0.208 e. The Bertz CT molecular complexity index is 1300. The van der Waals surface area contributed by atoms with Crippen molar-refractivity contribution in [2.45, 2.75) is 39.5 Å². The van der Waals surface area contributed by atoms with Crippen LogP contribution in [-0.4, -0.2) is 18.3 Å². The topological polar surface area (TPSA) is 51.8 Å². The Morgan fingerprint density at radius 3 is 2.09 bits per heavy atom. The largest absolute Gasteiger partial charge is 0.504 e. The zero-order chi connectivity index (χ0) is 23.5. The van der Waals surface area contributed by atoms with Gasteiger partial charge in [0.05, 0.1) is 13.2 Å². The molecule has 1 aromatic heterocycles. The Kier molecular flexibility index (Phi) is 6.67. The molecule has 0 fully saturated rings. The molecular formula is C26H25F3O4. The van der Waals surface area contributed by atoms with E-state index in [1.165, 1.54) is 24.3 Å². The second-order valence-corrected chi connectivity index (χ2v) is 7.78. The molecule has 4 rings (SSSR count). The van der Waals surface area contributed by atoms with Crippen LogP contribution in [0.2, 0.25) is 0 Å². The fraction of sp³-hybridized carbons (Fsp3) is 0.308. The van der Waals surface area contributed by atoms with Crippen LogP contribution in [0.15, 0.2) is 40.8 Å². The monoisotopic (exact) mass is 458 g/mol. The summed E-state index contributed by atoms with van der Waals surface area (Å²) in [5.41, 5.74) is -0.445. The number of halogens is 3. The predicted molar refractivity (Wildman–Crippen MR) is 122 cm³/mol. The molecule has 0 radical (unpaired) electrons. The van der Waals surface area contributed by atoms with Gasteiger partial charge in [0.1, 0.15) is 0 Å². The smallest absolute Gasteiger partial charge is 0.208 e. The third kappa shape index (κ3) is 4.19. The Morgan fingerprint density at radius 2 is 1.36 bits per heavy atom. The van der Waals surface area contributed by atoms with E-state index >= 15 is 4.39 Å². The lowest BCUT2D eigenvalue weighted by Crippen LogP contribution is -2.00. The standard InChI is InChI=1S/C26H25F3O4/c1-3-5-6-7-14-32-19-12-10-16(24(30)22(19)28)15-8-9-17-18-11-13-20(31-4-2)23(29)26(18)33-25(17)21(15)27/h8-13,30H,3-7,14H2,1-2H3. The highest BCUT2D eigenvalue weighted by atomic mass is 19.1. The summed E-state index contributed by atoms with van der Waals surface area (Å²) in [5, 5.41) is 11.2. The third-order valence-corrected chi connectivity index (χ3v) is 5.58. The molecule has 0 bridgehead atoms. The molecule has 4 aromatic rings. The molecule has 174 valence electrons. The highest BCUT2D eigenvalue weighted by Gasteiger charge is 2.23. The summed E-state index contributed by atoms with van der Waals surface area (Å²) in [7, 11) is 0. The molecule has 3 aromatic carbocycles. The zero-order valence-corrected chi connectivity index (χ0v) is 18.5. The molecule has 0 aliphatic rings. The van der Waals surface area contributed by atoms with E-state index in [4.69, 9.17) is 13.9 Å². The van der Waals surface area contributed by atoms with Crippen molar-refractivity contribution in [1.82, 2.24) is 0 Å². The molecule has 0 atom stereocenters. The van der Waals surface area contributed by atoms with Crippen LogP contribution >= 0.6 is 0 Å². The Morgan fingerprint density at radius 1 is 0.727 bits per heavy atom. The van der Waals surface area contributed by atoms with Crippen molar-refractivity contribution in [2.24, 2.45) is 0 Å². The quantitative estimate of drug-likeness (QED) is 0.261. The van der Waals surface area contributed by atoms with Crippen molar-refractivity contribution >= 4 is 21.9 Å². The molecule has 1 N–H and O–H groups in total. The van der Waals surface area contributed by atoms with Crippen molar-refractivity contribution in [3.05, 3.63) is 53.8 Å². The van der Waals surface area contributed by atoms with Crippen LogP contribution in [-0.2, 0) is 0 Å². The van der Waals surface area contributed by atoms with E-state index in [1.807, 2.05) is 0 Å². The minimum atomic E-state index is -0.959. The first-order valence-corrected chi connectivity index (χ1v) is 11.1. The average molecular weight is 458 g/mol. The van der Waals surface area contributed by atoms with Gasteiger partial charge in [-0.15, -0.1) is 0 Å². The number of furan rings is 1. The second kappa shape index (κ2) is 9.65. The minimum Gasteiger partial charge on any atom is -0.504 e. The fourth-order valence-electron chi connectivity index (χ4n) is 3.88. The minimum absolute atomic E-state index is 0.00897. The first-order valence-electron chi connectivity index (χ1n) is 11.1. The van der Waals surface area contributed by atoms with Gasteiger partial charge in [-0.25, -0.2) is 4.39 Å². The first-order chi connectivity index (χ1) is 16.0. The molecule has 7 heteroatoms. The van der Waals surface area contributed by atoms with Gasteiger partial charge in [-0.2, -0.15) is 8.78 Å². The summed E-state index contributed by atoms with van der Waals surface area (Å²) in [5.74, 6) is -3.32. The highest BCUT2D eigenvalue weighted by molar-refractivity contribution is 6.06. The average Bonchev–Trinajstić information content (AvgIpc) is 3.20. The van der Waals surface area contributed by atoms with Crippen LogP contribution in [0.3, 0.4) is 0 Å². The summed E-state index contributed by atoms with van der Waals surface area (Å²) in [6.07, 6.45) is 3.88. The number of ether oxygens (including phenoxy) is 2. The summed E-state index contributed by atoms with van der Waals surface area (Å²) in [4.78, 5) is 0. The molecule has 0 saturated carbocycles. The molecular weight excluding hydrogens is 433 g/mol. The van der Waals surface area contributed by atoms with Crippen molar-refractivity contribution < 1.29 is 32.2 Å². The van der Waals surface area contributed by atoms with Crippen LogP contribution in [0.25, 0.3) is 33.1 Å². The van der Waals surface area contributed by atoms with Crippen LogP contribution < -0.4 is 9.47 Å². The number of benzene rings is 3. The molecule has 4 nitrogen and oxygen atoms in total. The van der Waals surface area contributed by atoms with Gasteiger partial charge in [0.15, 0.2) is 34.2 Å². The van der Waals surface area contributed by atoms with Gasteiger partial charge in [-0.1, -0.05) is 32.3 Å². The molecule has 33 heavy (non-hydrogen) atoms. The lowest BCUT2D eigenvalue weighted by atomic mass is 10.0. The van der Waals surface area contributed by atoms with E-state index in [-0.39, 0.29) is 40.4 Å². The first kappa shape index (κ1) is 22.8. The number of phenolic OH excluding ortho intramolecular Hbond substituents is 1. The van der Waals surface area contributed by atoms with Gasteiger partial charge in [0.2, 0.25) is 11.6 Å². The van der Waals surface area contributed by atoms with E-state index in [2.05, 4.69) is 6.92 Å². The number of hydrogen-bond acceptors (Lipinski definition) is 4. The van der Waals surface area contributed by atoms with Crippen LogP contribution in [0, 0.1) is 17.5 Å². The van der Waals surface area contributed by atoms with Gasteiger partial charge in [0, 0.05) is 21.9 Å². The molecule has 1 heterocycles. The van der Waals surface area contributed by atoms with E-state index < -0.39 is 23.2 Å². The maximum atomic E-state index is 15.4. The number of fused-ring (bicyclic) bond motifs is 3. The molecule has 0 amide bonds. The maximum absolute atomic E-state index is 15.4. The summed E-state index contributed by atoms with van der Waals surface area (Å²) < 4.78 is 61.0. The van der Waals surface area contributed by atoms with Crippen molar-refractivity contribution in [3.8, 4) is 28.4 Å². The number of phenols is 1. The Labute approximate surface area is 189 Å². The second-order valence-electron chi connectivity index (χ2n) is 7.78. The lowest BCUT2D eigenvalue weighted by molar-refractivity contribution is 0.285. The van der Waals surface area contributed by atoms with Crippen molar-refractivity contribution in [2.75, 3.05) is 13.2 Å². The number of rotatable bonds is 9. The van der Waals surface area contributed by atoms with Crippen molar-refractivity contribution in [3.63, 3.8) is 0 Å². The Balaban J connectivity index is 1.71. The molecule has 0 spiro atoms. The molecule has 0 aliphatic heterocycles. The summed E-state index contributed by atoms with van der Waals surface area (Å²) in [6, 6.07) is 8.76. The molecule has 0 aliphatic carbocycles. The van der Waals surface area contributed by atoms with E-state index in [0.29, 0.717) is 17.4 Å². The SMILES string of the molecule is CCCCCCOc1ccc(-c2ccc3c(oc4c(F)c(OCC)ccc43)c2F)c(O)c1F. The van der Waals surface area contributed by atoms with Gasteiger partial charge >= 0.3 is 0 Å². The number of aromatic hydroxyl groups is 1. The zero-order valence-electron chi connectivity index (χ0n) is 18.5. The number of unbranched alkanes of at least 4 members (excludes halogenated alkanes) is 3. The van der Waals surface area contributed by atoms with E-state index in [1.54, 1.807) is 19.1 Å². The molecule has 0 unspecified atom stereocenters. The van der Waals surface area contributed by atoms with Gasteiger partial charge in [-0.05, 0) is 43.7 Å². The van der Waals surface area contributed by atoms with Crippen LogP contribution in [0.4, 0.5) is 13.2 Å². The lowest BCUT2D eigenvalue weighted by Gasteiger charge is -2.12. The van der Waals surface area contributed by atoms with E-state index in [0.717, 1.165) is 25.7 Å². The normalized spacial score (nSPS) is 11.4. The van der Waals surface area contributed by atoms with Gasteiger partial charge < -0.3 is 19.0 Å². The molecule has 0 saturated heterocycles. The summed E-state index contributed by atoms with van der Waals surface area (Å²) >= 11 is 0. The number of hydrogen-bond donors (Lipinski definition) is 1. The predicted octanol–water partition coefficient (Wildman–Crippen LogP) is 7.73. The van der Waals surface area contributed by atoms with E-state index in [9.17, 15) is 13.9 Å². The third-order valence-electron chi connectivity index (χ3n) is 5.58. The summed E-state index contributed by atoms with van der Waals surface area (Å²) in [6.45, 7) is 4.41. The highest BCUT2D eigenvalue weighted by Crippen LogP contribution is 2.42. The van der Waals surface area contributed by atoms with Crippen LogP contribution in [0.5, 0.6) is 17.2 Å². The van der Waals surface area contributed by atoms with Crippen molar-refractivity contribution in [1.29, 1.82) is 0 Å².